The summed E-state index contributed by atoms with van der Waals surface area (Å²) in [5, 5.41) is 9.20. The van der Waals surface area contributed by atoms with Crippen molar-refractivity contribution in [3.63, 3.8) is 0 Å². The maximum Gasteiger partial charge on any atom is 0.123 e. The van der Waals surface area contributed by atoms with E-state index in [-0.39, 0.29) is 11.9 Å². The highest BCUT2D eigenvalue weighted by molar-refractivity contribution is 5.49. The van der Waals surface area contributed by atoms with E-state index in [0.29, 0.717) is 5.56 Å². The molecule has 2 atom stereocenters. The highest BCUT2D eigenvalue weighted by Crippen LogP contribution is 2.50. The zero-order chi connectivity index (χ0) is 18.0. The van der Waals surface area contributed by atoms with Crippen LogP contribution in [-0.2, 0) is 10.3 Å². The van der Waals surface area contributed by atoms with Gasteiger partial charge in [0, 0.05) is 0 Å². The Morgan fingerprint density at radius 1 is 1.20 bits per heavy atom. The standard InChI is InChI=1S/C21H23FN2O/c1-15-19-13-16(14-23)5-10-20(19)21(25-15,11-4-12-24(2)3)17-6-8-18(22)9-7-17/h5-10,13,15H,4,11-12H2,1-3H3/t15-,21-/m0/s1. The van der Waals surface area contributed by atoms with Crippen LogP contribution >= 0.6 is 0 Å². The molecule has 0 unspecified atom stereocenters. The van der Waals surface area contributed by atoms with Gasteiger partial charge in [0.05, 0.1) is 17.7 Å². The Labute approximate surface area is 148 Å². The van der Waals surface area contributed by atoms with Crippen LogP contribution in [0.2, 0.25) is 0 Å². The predicted molar refractivity (Wildman–Crippen MR) is 95.6 cm³/mol. The molecule has 0 saturated heterocycles. The molecule has 2 aromatic carbocycles. The zero-order valence-electron chi connectivity index (χ0n) is 14.9. The number of ether oxygens (including phenoxy) is 1. The molecule has 0 aromatic heterocycles. The van der Waals surface area contributed by atoms with Gasteiger partial charge in [-0.2, -0.15) is 5.26 Å². The minimum absolute atomic E-state index is 0.104. The second-order valence-electron chi connectivity index (χ2n) is 6.91. The fourth-order valence-corrected chi connectivity index (χ4v) is 3.69. The van der Waals surface area contributed by atoms with Gasteiger partial charge in [0.2, 0.25) is 0 Å². The van der Waals surface area contributed by atoms with Crippen molar-refractivity contribution in [2.75, 3.05) is 20.6 Å². The second kappa shape index (κ2) is 6.95. The molecule has 25 heavy (non-hydrogen) atoms. The van der Waals surface area contributed by atoms with Crippen LogP contribution in [0.25, 0.3) is 0 Å². The van der Waals surface area contributed by atoms with Gasteiger partial charge in [0.25, 0.3) is 0 Å². The minimum atomic E-state index is -0.591. The van der Waals surface area contributed by atoms with Gasteiger partial charge >= 0.3 is 0 Å². The molecule has 1 heterocycles. The number of hydrogen-bond acceptors (Lipinski definition) is 3. The van der Waals surface area contributed by atoms with Crippen molar-refractivity contribution in [1.29, 1.82) is 5.26 Å². The quantitative estimate of drug-likeness (QED) is 0.812. The zero-order valence-corrected chi connectivity index (χ0v) is 14.9. The Balaban J connectivity index is 2.07. The lowest BCUT2D eigenvalue weighted by atomic mass is 9.81. The first-order chi connectivity index (χ1) is 12.0. The third-order valence-electron chi connectivity index (χ3n) is 4.88. The molecular weight excluding hydrogens is 315 g/mol. The van der Waals surface area contributed by atoms with E-state index in [4.69, 9.17) is 4.74 Å². The molecule has 3 nitrogen and oxygen atoms in total. The normalized spacial score (nSPS) is 22.0. The Bertz CT molecular complexity index is 795. The third kappa shape index (κ3) is 3.30. The van der Waals surface area contributed by atoms with E-state index in [1.165, 1.54) is 12.1 Å². The monoisotopic (exact) mass is 338 g/mol. The summed E-state index contributed by atoms with van der Waals surface area (Å²) in [5.41, 5.74) is 3.14. The highest BCUT2D eigenvalue weighted by atomic mass is 19.1. The van der Waals surface area contributed by atoms with Gasteiger partial charge in [-0.15, -0.1) is 0 Å². The van der Waals surface area contributed by atoms with Gasteiger partial charge in [-0.1, -0.05) is 18.2 Å². The third-order valence-corrected chi connectivity index (χ3v) is 4.88. The molecule has 2 aromatic rings. The van der Waals surface area contributed by atoms with Crippen molar-refractivity contribution in [3.05, 3.63) is 70.5 Å². The molecule has 4 heteroatoms. The van der Waals surface area contributed by atoms with Crippen LogP contribution in [0.15, 0.2) is 42.5 Å². The van der Waals surface area contributed by atoms with Crippen LogP contribution in [0.4, 0.5) is 4.39 Å². The van der Waals surface area contributed by atoms with Crippen LogP contribution < -0.4 is 0 Å². The lowest BCUT2D eigenvalue weighted by molar-refractivity contribution is -0.0480. The fraction of sp³-hybridized carbons (Fsp3) is 0.381. The Hall–Kier alpha value is -2.22. The van der Waals surface area contributed by atoms with Crippen LogP contribution in [-0.4, -0.2) is 25.5 Å². The van der Waals surface area contributed by atoms with Crippen molar-refractivity contribution in [2.45, 2.75) is 31.5 Å². The van der Waals surface area contributed by atoms with Crippen molar-refractivity contribution in [3.8, 4) is 6.07 Å². The highest BCUT2D eigenvalue weighted by Gasteiger charge is 2.44. The number of rotatable bonds is 5. The van der Waals surface area contributed by atoms with Gasteiger partial charge in [0.1, 0.15) is 11.4 Å². The van der Waals surface area contributed by atoms with Gasteiger partial charge < -0.3 is 9.64 Å². The Morgan fingerprint density at radius 2 is 1.92 bits per heavy atom. The van der Waals surface area contributed by atoms with E-state index in [9.17, 15) is 9.65 Å². The van der Waals surface area contributed by atoms with Crippen molar-refractivity contribution >= 4 is 0 Å². The average molecular weight is 338 g/mol. The van der Waals surface area contributed by atoms with E-state index in [1.54, 1.807) is 0 Å². The first-order valence-electron chi connectivity index (χ1n) is 8.59. The summed E-state index contributed by atoms with van der Waals surface area (Å²) < 4.78 is 19.9. The molecule has 0 spiro atoms. The Kier molecular flexibility index (Phi) is 4.89. The lowest BCUT2D eigenvalue weighted by Gasteiger charge is -2.32. The number of hydrogen-bond donors (Lipinski definition) is 0. The predicted octanol–water partition coefficient (Wildman–Crippen LogP) is 4.37. The van der Waals surface area contributed by atoms with Crippen LogP contribution in [0.1, 0.15) is 48.1 Å². The molecule has 3 rings (SSSR count). The molecule has 1 aliphatic heterocycles. The minimum Gasteiger partial charge on any atom is -0.358 e. The summed E-state index contributed by atoms with van der Waals surface area (Å²) in [5.74, 6) is -0.252. The van der Waals surface area contributed by atoms with E-state index in [1.807, 2.05) is 37.3 Å². The Morgan fingerprint density at radius 3 is 2.56 bits per heavy atom. The molecule has 0 bridgehead atoms. The lowest BCUT2D eigenvalue weighted by Crippen LogP contribution is -2.29. The van der Waals surface area contributed by atoms with Crippen molar-refractivity contribution in [1.82, 2.24) is 4.90 Å². The van der Waals surface area contributed by atoms with Crippen LogP contribution in [0, 0.1) is 17.1 Å². The number of benzene rings is 2. The summed E-state index contributed by atoms with van der Waals surface area (Å²) in [6.07, 6.45) is 1.66. The van der Waals surface area contributed by atoms with E-state index in [0.717, 1.165) is 36.1 Å². The smallest absolute Gasteiger partial charge is 0.123 e. The summed E-state index contributed by atoms with van der Waals surface area (Å²) in [6, 6.07) is 14.5. The van der Waals surface area contributed by atoms with Crippen LogP contribution in [0.5, 0.6) is 0 Å². The summed E-state index contributed by atoms with van der Waals surface area (Å²) >= 11 is 0. The maximum absolute atomic E-state index is 13.4. The molecule has 0 radical (unpaired) electrons. The number of nitriles is 1. The van der Waals surface area contributed by atoms with Crippen molar-refractivity contribution in [2.24, 2.45) is 0 Å². The SMILES string of the molecule is C[C@@H]1O[C@@](CCCN(C)C)(c2ccc(F)cc2)c2ccc(C#N)cc21. The maximum atomic E-state index is 13.4. The summed E-state index contributed by atoms with van der Waals surface area (Å²) in [4.78, 5) is 2.15. The second-order valence-corrected chi connectivity index (χ2v) is 6.91. The van der Waals surface area contributed by atoms with E-state index in [2.05, 4.69) is 25.1 Å². The number of halogens is 1. The van der Waals surface area contributed by atoms with Gasteiger partial charge in [-0.25, -0.2) is 4.39 Å². The van der Waals surface area contributed by atoms with Crippen LogP contribution in [0.3, 0.4) is 0 Å². The average Bonchev–Trinajstić information content (AvgIpc) is 2.88. The molecule has 130 valence electrons. The molecule has 0 saturated carbocycles. The van der Waals surface area contributed by atoms with E-state index < -0.39 is 5.60 Å². The van der Waals surface area contributed by atoms with E-state index >= 15 is 0 Å². The molecule has 0 amide bonds. The van der Waals surface area contributed by atoms with Crippen molar-refractivity contribution < 1.29 is 9.13 Å². The topological polar surface area (TPSA) is 36.3 Å². The molecule has 0 N–H and O–H groups in total. The molecule has 0 aliphatic carbocycles. The van der Waals surface area contributed by atoms with Gasteiger partial charge in [-0.05, 0) is 81.4 Å². The number of nitrogens with zero attached hydrogens (tertiary/aromatic N) is 2. The molecular formula is C21H23FN2O. The summed E-state index contributed by atoms with van der Waals surface area (Å²) in [6.45, 7) is 2.96. The van der Waals surface area contributed by atoms with Gasteiger partial charge in [-0.3, -0.25) is 0 Å². The first kappa shape index (κ1) is 17.6. The largest absolute Gasteiger partial charge is 0.358 e. The molecule has 1 aliphatic rings. The van der Waals surface area contributed by atoms with Gasteiger partial charge in [0.15, 0.2) is 0 Å². The summed E-state index contributed by atoms with van der Waals surface area (Å²) in [7, 11) is 4.10. The molecule has 0 fully saturated rings. The first-order valence-corrected chi connectivity index (χ1v) is 8.59. The fourth-order valence-electron chi connectivity index (χ4n) is 3.69. The number of fused-ring (bicyclic) bond motifs is 1.